The Bertz CT molecular complexity index is 885. The molecular formula is C17H23F3N3O5S+. The predicted molar refractivity (Wildman–Crippen MR) is 100 cm³/mol. The Morgan fingerprint density at radius 3 is 2.62 bits per heavy atom. The molecule has 3 atom stereocenters. The highest BCUT2D eigenvalue weighted by molar-refractivity contribution is 7.95. The van der Waals surface area contributed by atoms with E-state index in [0.29, 0.717) is 6.20 Å². The first-order valence-corrected chi connectivity index (χ1v) is 10.4. The molecule has 1 aromatic heterocycles. The van der Waals surface area contributed by atoms with Crippen LogP contribution in [0.2, 0.25) is 0 Å². The number of aliphatic hydroxyl groups is 1. The number of aromatic nitrogens is 2. The summed E-state index contributed by atoms with van der Waals surface area (Å²) < 4.78 is 68.6. The van der Waals surface area contributed by atoms with Gasteiger partial charge in [-0.3, -0.25) is 0 Å². The Kier molecular flexibility index (Phi) is 7.25. The Morgan fingerprint density at radius 1 is 1.41 bits per heavy atom. The molecule has 1 aliphatic carbocycles. The molecule has 29 heavy (non-hydrogen) atoms. The molecule has 1 unspecified atom stereocenters. The highest BCUT2D eigenvalue weighted by Crippen LogP contribution is 2.35. The van der Waals surface area contributed by atoms with E-state index < -0.39 is 45.7 Å². The molecular weight excluding hydrogens is 415 g/mol. The van der Waals surface area contributed by atoms with Gasteiger partial charge in [0.15, 0.2) is 16.4 Å². The molecule has 0 bridgehead atoms. The van der Waals surface area contributed by atoms with Gasteiger partial charge < -0.3 is 20.3 Å². The SMILES string of the molecule is C[C@@H](O)[C@@H](C)Oc1nc(NC2C=CC(S(=O)(=O)CC[OH2+])=CC2)ncc1C(F)(F)F. The largest absolute Gasteiger partial charge is 0.471 e. The lowest BCUT2D eigenvalue weighted by Gasteiger charge is -2.21. The van der Waals surface area contributed by atoms with Crippen LogP contribution in [0.5, 0.6) is 5.88 Å². The molecule has 0 aliphatic heterocycles. The fourth-order valence-electron chi connectivity index (χ4n) is 2.35. The summed E-state index contributed by atoms with van der Waals surface area (Å²) in [5.74, 6) is -1.13. The first-order valence-electron chi connectivity index (χ1n) is 8.75. The lowest BCUT2D eigenvalue weighted by molar-refractivity contribution is -0.140. The Balaban J connectivity index is 2.18. The summed E-state index contributed by atoms with van der Waals surface area (Å²) in [6, 6.07) is -0.441. The number of hydrogen-bond acceptors (Lipinski definition) is 7. The number of rotatable bonds is 8. The molecule has 0 radical (unpaired) electrons. The van der Waals surface area contributed by atoms with E-state index in [1.165, 1.54) is 32.1 Å². The van der Waals surface area contributed by atoms with Crippen molar-refractivity contribution in [2.75, 3.05) is 17.7 Å². The molecule has 162 valence electrons. The number of halogens is 3. The molecule has 0 saturated carbocycles. The predicted octanol–water partition coefficient (Wildman–Crippen LogP) is 1.41. The number of anilines is 1. The van der Waals surface area contributed by atoms with Gasteiger partial charge >= 0.3 is 6.18 Å². The molecule has 1 aromatic rings. The third-order valence-corrected chi connectivity index (χ3v) is 5.91. The summed E-state index contributed by atoms with van der Waals surface area (Å²) in [6.45, 7) is 2.54. The fraction of sp³-hybridized carbons (Fsp3) is 0.529. The van der Waals surface area contributed by atoms with Gasteiger partial charge in [-0.15, -0.1) is 0 Å². The Labute approximate surface area is 166 Å². The minimum atomic E-state index is -4.74. The van der Waals surface area contributed by atoms with Gasteiger partial charge in [-0.1, -0.05) is 12.2 Å². The van der Waals surface area contributed by atoms with Crippen LogP contribution in [0.25, 0.3) is 0 Å². The van der Waals surface area contributed by atoms with E-state index in [1.807, 2.05) is 0 Å². The number of nitrogens with zero attached hydrogens (tertiary/aromatic N) is 2. The van der Waals surface area contributed by atoms with Crippen LogP contribution < -0.4 is 10.1 Å². The van der Waals surface area contributed by atoms with Gasteiger partial charge in [0.2, 0.25) is 11.8 Å². The summed E-state index contributed by atoms with van der Waals surface area (Å²) in [5, 5.41) is 19.4. The van der Waals surface area contributed by atoms with Crippen molar-refractivity contribution in [3.8, 4) is 5.88 Å². The van der Waals surface area contributed by atoms with E-state index in [1.54, 1.807) is 0 Å². The normalized spacial score (nSPS) is 19.4. The second-order valence-electron chi connectivity index (χ2n) is 6.49. The molecule has 1 aliphatic rings. The fourth-order valence-corrected chi connectivity index (χ4v) is 3.49. The maximum atomic E-state index is 13.2. The summed E-state index contributed by atoms with van der Waals surface area (Å²) in [5.41, 5.74) is -1.17. The van der Waals surface area contributed by atoms with Crippen molar-refractivity contribution in [1.82, 2.24) is 9.97 Å². The monoisotopic (exact) mass is 438 g/mol. The minimum absolute atomic E-state index is 0.103. The lowest BCUT2D eigenvalue weighted by Crippen LogP contribution is -2.28. The molecule has 4 N–H and O–H groups in total. The van der Waals surface area contributed by atoms with Gasteiger partial charge in [0.1, 0.15) is 17.4 Å². The second-order valence-corrected chi connectivity index (χ2v) is 8.60. The molecule has 0 aromatic carbocycles. The maximum Gasteiger partial charge on any atom is 0.423 e. The first-order chi connectivity index (χ1) is 13.4. The molecule has 0 amide bonds. The zero-order valence-electron chi connectivity index (χ0n) is 15.8. The van der Waals surface area contributed by atoms with E-state index in [4.69, 9.17) is 9.84 Å². The van der Waals surface area contributed by atoms with E-state index in [0.717, 1.165) is 0 Å². The zero-order chi connectivity index (χ0) is 21.8. The van der Waals surface area contributed by atoms with Crippen molar-refractivity contribution in [2.24, 2.45) is 0 Å². The highest BCUT2D eigenvalue weighted by Gasteiger charge is 2.37. The second kappa shape index (κ2) is 9.09. The summed E-state index contributed by atoms with van der Waals surface area (Å²) in [4.78, 5) is 7.55. The van der Waals surface area contributed by atoms with Gasteiger partial charge in [0, 0.05) is 6.20 Å². The molecule has 2 rings (SSSR count). The van der Waals surface area contributed by atoms with Crippen LogP contribution in [-0.2, 0) is 16.0 Å². The summed E-state index contributed by atoms with van der Waals surface area (Å²) in [6.07, 6.45) is -1.46. The number of aliphatic hydroxyl groups excluding tert-OH is 1. The van der Waals surface area contributed by atoms with Crippen LogP contribution in [0.4, 0.5) is 19.1 Å². The molecule has 1 heterocycles. The Hall–Kier alpha value is -2.18. The number of ether oxygens (including phenoxy) is 1. The van der Waals surface area contributed by atoms with Crippen molar-refractivity contribution < 1.29 is 36.5 Å². The smallest absolute Gasteiger partial charge is 0.423 e. The van der Waals surface area contributed by atoms with Crippen LogP contribution in [0, 0.1) is 0 Å². The summed E-state index contributed by atoms with van der Waals surface area (Å²) >= 11 is 0. The van der Waals surface area contributed by atoms with Crippen LogP contribution in [-0.4, -0.2) is 59.2 Å². The number of allylic oxidation sites excluding steroid dienone is 1. The van der Waals surface area contributed by atoms with E-state index >= 15 is 0 Å². The first kappa shape index (κ1) is 23.1. The van der Waals surface area contributed by atoms with Crippen LogP contribution in [0.1, 0.15) is 25.8 Å². The van der Waals surface area contributed by atoms with Crippen molar-refractivity contribution >= 4 is 15.8 Å². The van der Waals surface area contributed by atoms with Crippen molar-refractivity contribution in [3.05, 3.63) is 34.9 Å². The van der Waals surface area contributed by atoms with Crippen molar-refractivity contribution in [1.29, 1.82) is 0 Å². The van der Waals surface area contributed by atoms with Crippen LogP contribution in [0.3, 0.4) is 0 Å². The average Bonchev–Trinajstić information content (AvgIpc) is 2.61. The molecule has 0 saturated heterocycles. The van der Waals surface area contributed by atoms with Crippen molar-refractivity contribution in [3.63, 3.8) is 0 Å². The number of nitrogens with one attached hydrogen (secondary N) is 1. The average molecular weight is 438 g/mol. The topological polar surface area (TPSA) is 124 Å². The molecule has 0 spiro atoms. The molecule has 12 heteroatoms. The summed E-state index contributed by atoms with van der Waals surface area (Å²) in [7, 11) is -3.52. The third-order valence-electron chi connectivity index (χ3n) is 4.15. The highest BCUT2D eigenvalue weighted by atomic mass is 32.2. The van der Waals surface area contributed by atoms with Gasteiger partial charge in [-0.2, -0.15) is 18.2 Å². The van der Waals surface area contributed by atoms with Gasteiger partial charge in [-0.25, -0.2) is 13.4 Å². The molecule has 8 nitrogen and oxygen atoms in total. The maximum absolute atomic E-state index is 13.2. The van der Waals surface area contributed by atoms with Crippen LogP contribution >= 0.6 is 0 Å². The van der Waals surface area contributed by atoms with Crippen LogP contribution in [0.15, 0.2) is 29.3 Å². The minimum Gasteiger partial charge on any atom is -0.471 e. The van der Waals surface area contributed by atoms with E-state index in [-0.39, 0.29) is 29.6 Å². The lowest BCUT2D eigenvalue weighted by atomic mass is 10.1. The molecule has 0 fully saturated rings. The van der Waals surface area contributed by atoms with Gasteiger partial charge in [0.25, 0.3) is 0 Å². The third kappa shape index (κ3) is 6.15. The zero-order valence-corrected chi connectivity index (χ0v) is 16.6. The van der Waals surface area contributed by atoms with E-state index in [9.17, 15) is 26.7 Å². The standard InChI is InChI=1S/C17H22F3N3O5S/c1-10(25)11(2)28-15-14(17(18,19)20)9-21-16(23-15)22-12-3-5-13(6-4-12)29(26,27)8-7-24/h3,5-6,9-12,24-25H,4,7-8H2,1-2H3,(H,21,22,23)/p+1/t10-,11-,12?/m1/s1. The van der Waals surface area contributed by atoms with Gasteiger partial charge in [-0.05, 0) is 26.3 Å². The number of hydrogen-bond donors (Lipinski definition) is 2. The quantitative estimate of drug-likeness (QED) is 0.588. The van der Waals surface area contributed by atoms with Gasteiger partial charge in [0.05, 0.1) is 17.1 Å². The van der Waals surface area contributed by atoms with E-state index in [2.05, 4.69) is 15.3 Å². The van der Waals surface area contributed by atoms with Crippen molar-refractivity contribution in [2.45, 2.75) is 44.7 Å². The number of alkyl halides is 3. The number of sulfone groups is 1. The Morgan fingerprint density at radius 2 is 2.10 bits per heavy atom.